The van der Waals surface area contributed by atoms with Gasteiger partial charge in [-0.3, -0.25) is 19.3 Å². The molecule has 0 spiro atoms. The molecular weight excluding hydrogens is 330 g/mol. The van der Waals surface area contributed by atoms with E-state index in [1.165, 1.54) is 11.3 Å². The van der Waals surface area contributed by atoms with Crippen molar-refractivity contribution in [1.29, 1.82) is 0 Å². The number of carbonyl (C=O) groups excluding carboxylic acids is 3. The molecule has 0 radical (unpaired) electrons. The molecule has 7 nitrogen and oxygen atoms in total. The number of likely N-dealkylation sites (tertiary alicyclic amines) is 1. The Morgan fingerprint density at radius 1 is 1.33 bits per heavy atom. The minimum atomic E-state index is -0.272. The van der Waals surface area contributed by atoms with Crippen molar-refractivity contribution in [2.75, 3.05) is 18.5 Å². The van der Waals surface area contributed by atoms with Crippen LogP contribution in [0.4, 0.5) is 5.13 Å². The van der Waals surface area contributed by atoms with Crippen LogP contribution in [0.25, 0.3) is 10.2 Å². The van der Waals surface area contributed by atoms with Gasteiger partial charge in [0.15, 0.2) is 5.13 Å². The molecule has 2 aromatic rings. The Kier molecular flexibility index (Phi) is 4.75. The maximum absolute atomic E-state index is 12.0. The zero-order valence-corrected chi connectivity index (χ0v) is 14.0. The van der Waals surface area contributed by atoms with E-state index in [0.29, 0.717) is 11.7 Å². The van der Waals surface area contributed by atoms with E-state index >= 15 is 0 Å². The fourth-order valence-electron chi connectivity index (χ4n) is 2.48. The van der Waals surface area contributed by atoms with Gasteiger partial charge in [-0.2, -0.15) is 0 Å². The molecule has 1 N–H and O–H groups in total. The summed E-state index contributed by atoms with van der Waals surface area (Å²) in [5.74, 6) is 0.0663. The molecule has 1 saturated heterocycles. The quantitative estimate of drug-likeness (QED) is 0.809. The Hall–Kier alpha value is -2.48. The summed E-state index contributed by atoms with van der Waals surface area (Å²) in [6.45, 7) is 2.61. The third-order valence-corrected chi connectivity index (χ3v) is 4.57. The molecule has 1 aromatic heterocycles. The Balaban J connectivity index is 1.60. The van der Waals surface area contributed by atoms with Gasteiger partial charge in [0.25, 0.3) is 0 Å². The molecule has 1 fully saturated rings. The van der Waals surface area contributed by atoms with Crippen LogP contribution in [0.15, 0.2) is 18.2 Å². The average molecular weight is 347 g/mol. The number of fused-ring (bicyclic) bond motifs is 1. The van der Waals surface area contributed by atoms with Crippen LogP contribution in [0, 0.1) is 0 Å². The highest BCUT2D eigenvalue weighted by molar-refractivity contribution is 7.22. The van der Waals surface area contributed by atoms with Gasteiger partial charge >= 0.3 is 0 Å². The van der Waals surface area contributed by atoms with E-state index in [4.69, 9.17) is 4.74 Å². The Bertz CT molecular complexity index is 786. The van der Waals surface area contributed by atoms with Crippen LogP contribution in [0.1, 0.15) is 26.2 Å². The fourth-order valence-corrected chi connectivity index (χ4v) is 3.39. The van der Waals surface area contributed by atoms with Crippen molar-refractivity contribution in [3.63, 3.8) is 0 Å². The lowest BCUT2D eigenvalue weighted by Crippen LogP contribution is -2.32. The SMILES string of the molecule is CCOc1ccc2nc(NC(=O)CCN3C(=O)CCC3=O)sc2c1. The lowest BCUT2D eigenvalue weighted by atomic mass is 10.3. The van der Waals surface area contributed by atoms with E-state index in [0.717, 1.165) is 20.9 Å². The van der Waals surface area contributed by atoms with Crippen LogP contribution in [-0.4, -0.2) is 40.8 Å². The van der Waals surface area contributed by atoms with Gasteiger partial charge in [-0.05, 0) is 25.1 Å². The summed E-state index contributed by atoms with van der Waals surface area (Å²) in [6, 6.07) is 5.56. The topological polar surface area (TPSA) is 88.6 Å². The highest BCUT2D eigenvalue weighted by Gasteiger charge is 2.28. The number of hydrogen-bond donors (Lipinski definition) is 1. The maximum atomic E-state index is 12.0. The zero-order chi connectivity index (χ0) is 17.1. The van der Waals surface area contributed by atoms with E-state index in [9.17, 15) is 14.4 Å². The Morgan fingerprint density at radius 3 is 2.79 bits per heavy atom. The fraction of sp³-hybridized carbons (Fsp3) is 0.375. The van der Waals surface area contributed by atoms with Crippen LogP contribution in [-0.2, 0) is 14.4 Å². The summed E-state index contributed by atoms with van der Waals surface area (Å²) in [5.41, 5.74) is 0.781. The molecule has 0 unspecified atom stereocenters. The molecule has 2 heterocycles. The minimum absolute atomic E-state index is 0.0671. The molecule has 1 aliphatic heterocycles. The monoisotopic (exact) mass is 347 g/mol. The van der Waals surface area contributed by atoms with E-state index in [2.05, 4.69) is 10.3 Å². The first-order valence-electron chi connectivity index (χ1n) is 7.73. The highest BCUT2D eigenvalue weighted by atomic mass is 32.1. The lowest BCUT2D eigenvalue weighted by Gasteiger charge is -2.12. The number of rotatable bonds is 6. The minimum Gasteiger partial charge on any atom is -0.494 e. The number of hydrogen-bond acceptors (Lipinski definition) is 6. The van der Waals surface area contributed by atoms with Crippen LogP contribution in [0.3, 0.4) is 0 Å². The van der Waals surface area contributed by atoms with Gasteiger partial charge in [-0.15, -0.1) is 0 Å². The highest BCUT2D eigenvalue weighted by Crippen LogP contribution is 2.29. The summed E-state index contributed by atoms with van der Waals surface area (Å²) in [7, 11) is 0. The smallest absolute Gasteiger partial charge is 0.229 e. The molecule has 0 bridgehead atoms. The van der Waals surface area contributed by atoms with Gasteiger partial charge in [-0.25, -0.2) is 4.98 Å². The second-order valence-corrected chi connectivity index (χ2v) is 6.35. The number of ether oxygens (including phenoxy) is 1. The molecule has 24 heavy (non-hydrogen) atoms. The zero-order valence-electron chi connectivity index (χ0n) is 13.2. The molecule has 1 aromatic carbocycles. The number of nitrogens with zero attached hydrogens (tertiary/aromatic N) is 2. The van der Waals surface area contributed by atoms with Crippen LogP contribution < -0.4 is 10.1 Å². The summed E-state index contributed by atoms with van der Waals surface area (Å²) in [4.78, 5) is 40.5. The van der Waals surface area contributed by atoms with E-state index in [-0.39, 0.29) is 43.5 Å². The Morgan fingerprint density at radius 2 is 2.08 bits per heavy atom. The summed E-state index contributed by atoms with van der Waals surface area (Å²) < 4.78 is 6.36. The summed E-state index contributed by atoms with van der Waals surface area (Å²) in [6.07, 6.45) is 0.540. The van der Waals surface area contributed by atoms with Crippen molar-refractivity contribution in [2.24, 2.45) is 0 Å². The van der Waals surface area contributed by atoms with Crippen molar-refractivity contribution in [3.05, 3.63) is 18.2 Å². The predicted molar refractivity (Wildman–Crippen MR) is 90.0 cm³/mol. The van der Waals surface area contributed by atoms with Gasteiger partial charge in [0.1, 0.15) is 5.75 Å². The van der Waals surface area contributed by atoms with Crippen molar-refractivity contribution in [3.8, 4) is 5.75 Å². The molecule has 3 amide bonds. The standard InChI is InChI=1S/C16H17N3O4S/c1-2-23-10-3-4-11-12(9-10)24-16(17-11)18-13(20)7-8-19-14(21)5-6-15(19)22/h3-4,9H,2,5-8H2,1H3,(H,17,18,20). The first-order valence-corrected chi connectivity index (χ1v) is 8.55. The molecular formula is C16H17N3O4S. The van der Waals surface area contributed by atoms with Crippen molar-refractivity contribution in [2.45, 2.75) is 26.2 Å². The third kappa shape index (κ3) is 3.53. The largest absolute Gasteiger partial charge is 0.494 e. The van der Waals surface area contributed by atoms with Crippen LogP contribution in [0.2, 0.25) is 0 Å². The molecule has 126 valence electrons. The first kappa shape index (κ1) is 16.4. The summed E-state index contributed by atoms with van der Waals surface area (Å²) >= 11 is 1.35. The van der Waals surface area contributed by atoms with Crippen molar-refractivity contribution in [1.82, 2.24) is 9.88 Å². The number of anilines is 1. The molecule has 8 heteroatoms. The van der Waals surface area contributed by atoms with Gasteiger partial charge in [-0.1, -0.05) is 11.3 Å². The second kappa shape index (κ2) is 6.96. The van der Waals surface area contributed by atoms with Crippen molar-refractivity contribution < 1.29 is 19.1 Å². The van der Waals surface area contributed by atoms with E-state index in [1.54, 1.807) is 0 Å². The number of benzene rings is 1. The third-order valence-electron chi connectivity index (χ3n) is 3.63. The van der Waals surface area contributed by atoms with E-state index in [1.807, 2.05) is 25.1 Å². The van der Waals surface area contributed by atoms with Gasteiger partial charge < -0.3 is 10.1 Å². The first-order chi connectivity index (χ1) is 11.6. The molecule has 0 aliphatic carbocycles. The van der Waals surface area contributed by atoms with Gasteiger partial charge in [0, 0.05) is 25.8 Å². The maximum Gasteiger partial charge on any atom is 0.229 e. The molecule has 0 atom stereocenters. The number of carbonyl (C=O) groups is 3. The molecule has 1 aliphatic rings. The van der Waals surface area contributed by atoms with E-state index < -0.39 is 0 Å². The van der Waals surface area contributed by atoms with Crippen molar-refractivity contribution >= 4 is 44.4 Å². The number of aromatic nitrogens is 1. The molecule has 3 rings (SSSR count). The Labute approximate surface area is 142 Å². The second-order valence-electron chi connectivity index (χ2n) is 5.32. The molecule has 0 saturated carbocycles. The predicted octanol–water partition coefficient (Wildman–Crippen LogP) is 2.17. The van der Waals surface area contributed by atoms with Gasteiger partial charge in [0.05, 0.1) is 16.8 Å². The number of amides is 3. The lowest BCUT2D eigenvalue weighted by molar-refractivity contribution is -0.138. The number of nitrogens with one attached hydrogen (secondary N) is 1. The van der Waals surface area contributed by atoms with Crippen LogP contribution >= 0.6 is 11.3 Å². The normalized spacial score (nSPS) is 14.5. The summed E-state index contributed by atoms with van der Waals surface area (Å²) in [5, 5.41) is 3.20. The van der Waals surface area contributed by atoms with Gasteiger partial charge in [0.2, 0.25) is 17.7 Å². The number of thiazole rings is 1. The number of imide groups is 1. The van der Waals surface area contributed by atoms with Crippen LogP contribution in [0.5, 0.6) is 5.75 Å². The average Bonchev–Trinajstić information content (AvgIpc) is 3.08.